The lowest BCUT2D eigenvalue weighted by atomic mass is 9.80. The minimum absolute atomic E-state index is 0.0616. The van der Waals surface area contributed by atoms with Crippen LogP contribution in [-0.4, -0.2) is 53.5 Å². The SMILES string of the molecule is C#CC1C(=C)C(NC)=C1N1CCc2ccc(CCNC)cc2C1.C=C(C)C(=NC(=C)C(C)=O)n1nccc1C. The monoisotopic (exact) mass is 524 g/mol. The van der Waals surface area contributed by atoms with E-state index >= 15 is 0 Å². The zero-order valence-corrected chi connectivity index (χ0v) is 23.9. The predicted octanol–water partition coefficient (Wildman–Crippen LogP) is 4.17. The molecule has 1 atom stereocenters. The first kappa shape index (κ1) is 29.4. The smallest absolute Gasteiger partial charge is 0.177 e. The molecular weight excluding hydrogens is 484 g/mol. The molecule has 39 heavy (non-hydrogen) atoms. The van der Waals surface area contributed by atoms with Crippen LogP contribution in [0.1, 0.15) is 36.2 Å². The van der Waals surface area contributed by atoms with Crippen molar-refractivity contribution in [2.75, 3.05) is 27.2 Å². The van der Waals surface area contributed by atoms with E-state index in [1.54, 1.807) is 10.9 Å². The molecule has 2 N–H and O–H groups in total. The van der Waals surface area contributed by atoms with E-state index in [0.29, 0.717) is 5.84 Å². The van der Waals surface area contributed by atoms with Gasteiger partial charge in [-0.25, -0.2) is 9.67 Å². The molecule has 0 fully saturated rings. The number of likely N-dealkylation sites (N-methyl/N-ethyl adjacent to an activating group) is 2. The van der Waals surface area contributed by atoms with E-state index in [4.69, 9.17) is 6.42 Å². The minimum Gasteiger partial charge on any atom is -0.386 e. The second-order valence-electron chi connectivity index (χ2n) is 9.87. The Bertz CT molecular complexity index is 1380. The summed E-state index contributed by atoms with van der Waals surface area (Å²) in [7, 11) is 3.94. The molecule has 2 heterocycles. The lowest BCUT2D eigenvalue weighted by molar-refractivity contribution is -0.113. The van der Waals surface area contributed by atoms with Crippen molar-refractivity contribution >= 4 is 11.6 Å². The minimum atomic E-state index is -0.163. The molecule has 4 rings (SSSR count). The van der Waals surface area contributed by atoms with Gasteiger partial charge in [-0.15, -0.1) is 6.42 Å². The molecular formula is C32H40N6O. The summed E-state index contributed by atoms with van der Waals surface area (Å²) in [5.74, 6) is 3.32. The molecule has 1 aromatic heterocycles. The molecule has 0 bridgehead atoms. The number of hydrogen-bond donors (Lipinski definition) is 2. The van der Waals surface area contributed by atoms with E-state index in [1.807, 2.05) is 34.0 Å². The number of Topliss-reactive ketones (excluding diaryl/α,β-unsaturated/α-hetero) is 1. The molecule has 204 valence electrons. The number of benzene rings is 1. The van der Waals surface area contributed by atoms with Crippen LogP contribution < -0.4 is 10.6 Å². The van der Waals surface area contributed by atoms with Crippen molar-refractivity contribution in [2.24, 2.45) is 10.9 Å². The topological polar surface area (TPSA) is 74.5 Å². The van der Waals surface area contributed by atoms with Crippen molar-refractivity contribution in [3.05, 3.63) is 101 Å². The molecule has 0 amide bonds. The molecule has 7 heteroatoms. The standard InChI is InChI=1S/C20H25N3.C12H15N3O/c1-5-18-14(2)19(22-4)20(18)23-11-9-16-7-6-15(8-10-21-3)12-17(16)13-23;1-8(2)12(14-10(4)11(5)16)15-9(3)6-7-13-15/h1,6-7,12,18,21-22H,2,8-11,13H2,3-4H3;6-7H,1,4H2,2-3,5H3. The van der Waals surface area contributed by atoms with Gasteiger partial charge >= 0.3 is 0 Å². The maximum absolute atomic E-state index is 11.1. The second kappa shape index (κ2) is 13.1. The van der Waals surface area contributed by atoms with Gasteiger partial charge in [0.25, 0.3) is 0 Å². The molecule has 0 saturated carbocycles. The number of carbonyl (C=O) groups is 1. The number of nitrogens with zero attached hydrogens (tertiary/aromatic N) is 4. The molecule has 0 spiro atoms. The van der Waals surface area contributed by atoms with Crippen LogP contribution in [0.3, 0.4) is 0 Å². The first-order valence-electron chi connectivity index (χ1n) is 13.2. The maximum Gasteiger partial charge on any atom is 0.177 e. The van der Waals surface area contributed by atoms with Gasteiger partial charge in [0, 0.05) is 39.0 Å². The van der Waals surface area contributed by atoms with Crippen LogP contribution in [0.4, 0.5) is 0 Å². The van der Waals surface area contributed by atoms with Crippen molar-refractivity contribution in [1.82, 2.24) is 25.3 Å². The Kier molecular flexibility index (Phi) is 9.86. The van der Waals surface area contributed by atoms with Crippen molar-refractivity contribution in [3.8, 4) is 12.3 Å². The maximum atomic E-state index is 11.1. The number of fused-ring (bicyclic) bond motifs is 1. The number of aliphatic imine (C=N–C) groups is 1. The second-order valence-corrected chi connectivity index (χ2v) is 9.87. The number of hydrogen-bond acceptors (Lipinski definition) is 6. The number of nitrogens with one attached hydrogen (secondary N) is 2. The third-order valence-corrected chi connectivity index (χ3v) is 6.96. The van der Waals surface area contributed by atoms with E-state index < -0.39 is 0 Å². The highest BCUT2D eigenvalue weighted by atomic mass is 16.1. The predicted molar refractivity (Wildman–Crippen MR) is 160 cm³/mol. The Morgan fingerprint density at radius 2 is 1.97 bits per heavy atom. The lowest BCUT2D eigenvalue weighted by Gasteiger charge is -2.42. The average molecular weight is 525 g/mol. The van der Waals surface area contributed by atoms with Crippen LogP contribution in [-0.2, 0) is 24.2 Å². The number of aromatic nitrogens is 2. The fraction of sp³-hybridized carbons (Fsp3) is 0.344. The van der Waals surface area contributed by atoms with Gasteiger partial charge in [0.1, 0.15) is 5.70 Å². The number of allylic oxidation sites excluding steroid dienone is 4. The molecule has 1 unspecified atom stereocenters. The molecule has 1 aliphatic heterocycles. The van der Waals surface area contributed by atoms with Crippen molar-refractivity contribution in [3.63, 3.8) is 0 Å². The first-order chi connectivity index (χ1) is 18.6. The quantitative estimate of drug-likeness (QED) is 0.235. The van der Waals surface area contributed by atoms with Crippen LogP contribution in [0.5, 0.6) is 0 Å². The van der Waals surface area contributed by atoms with Crippen LogP contribution in [0.25, 0.3) is 0 Å². The molecule has 1 aromatic carbocycles. The first-order valence-corrected chi connectivity index (χ1v) is 13.2. The number of rotatable bonds is 8. The van der Waals surface area contributed by atoms with Crippen molar-refractivity contribution in [1.29, 1.82) is 0 Å². The van der Waals surface area contributed by atoms with Gasteiger partial charge in [0.2, 0.25) is 0 Å². The summed E-state index contributed by atoms with van der Waals surface area (Å²) in [6.07, 6.45) is 9.52. The van der Waals surface area contributed by atoms with Gasteiger partial charge in [0.05, 0.1) is 17.3 Å². The summed E-state index contributed by atoms with van der Waals surface area (Å²) >= 11 is 0. The number of ketones is 1. The third kappa shape index (κ3) is 6.65. The van der Waals surface area contributed by atoms with Gasteiger partial charge in [-0.2, -0.15) is 5.10 Å². The van der Waals surface area contributed by atoms with Gasteiger partial charge in [0.15, 0.2) is 11.6 Å². The van der Waals surface area contributed by atoms with Crippen molar-refractivity contribution < 1.29 is 4.79 Å². The highest BCUT2D eigenvalue weighted by molar-refractivity contribution is 6.03. The summed E-state index contributed by atoms with van der Waals surface area (Å²) in [4.78, 5) is 17.7. The normalized spacial score (nSPS) is 16.4. The fourth-order valence-corrected chi connectivity index (χ4v) is 4.71. The van der Waals surface area contributed by atoms with E-state index in [-0.39, 0.29) is 17.4 Å². The zero-order valence-electron chi connectivity index (χ0n) is 23.9. The van der Waals surface area contributed by atoms with Crippen molar-refractivity contribution in [2.45, 2.75) is 40.2 Å². The van der Waals surface area contributed by atoms with Crippen LogP contribution in [0, 0.1) is 25.2 Å². The van der Waals surface area contributed by atoms with Gasteiger partial charge < -0.3 is 15.5 Å². The molecule has 1 aliphatic carbocycles. The largest absolute Gasteiger partial charge is 0.386 e. The van der Waals surface area contributed by atoms with E-state index in [1.165, 1.54) is 29.3 Å². The molecule has 0 saturated heterocycles. The van der Waals surface area contributed by atoms with Crippen LogP contribution in [0.15, 0.2) is 83.4 Å². The Morgan fingerprint density at radius 1 is 1.23 bits per heavy atom. The highest BCUT2D eigenvalue weighted by Crippen LogP contribution is 2.41. The summed E-state index contributed by atoms with van der Waals surface area (Å²) in [6.45, 7) is 19.6. The summed E-state index contributed by atoms with van der Waals surface area (Å²) in [5.41, 5.74) is 9.57. The zero-order chi connectivity index (χ0) is 28.7. The summed E-state index contributed by atoms with van der Waals surface area (Å²) in [6, 6.07) is 8.77. The molecule has 0 radical (unpaired) electrons. The lowest BCUT2D eigenvalue weighted by Crippen LogP contribution is -2.41. The molecule has 2 aromatic rings. The van der Waals surface area contributed by atoms with E-state index in [2.05, 4.69) is 69.5 Å². The third-order valence-electron chi connectivity index (χ3n) is 6.96. The van der Waals surface area contributed by atoms with Crippen LogP contribution in [0.2, 0.25) is 0 Å². The van der Waals surface area contributed by atoms with Gasteiger partial charge in [-0.05, 0) is 74.2 Å². The van der Waals surface area contributed by atoms with Crippen LogP contribution >= 0.6 is 0 Å². The Morgan fingerprint density at radius 3 is 2.54 bits per heavy atom. The highest BCUT2D eigenvalue weighted by Gasteiger charge is 2.36. The van der Waals surface area contributed by atoms with Gasteiger partial charge in [-0.1, -0.05) is 43.9 Å². The number of aryl methyl sites for hydroxylation is 1. The summed E-state index contributed by atoms with van der Waals surface area (Å²) < 4.78 is 1.64. The van der Waals surface area contributed by atoms with E-state index in [9.17, 15) is 4.79 Å². The Labute approximate surface area is 233 Å². The number of carbonyl (C=O) groups excluding carboxylic acids is 1. The van der Waals surface area contributed by atoms with Gasteiger partial charge in [-0.3, -0.25) is 4.79 Å². The molecule has 7 nitrogen and oxygen atoms in total. The average Bonchev–Trinajstić information content (AvgIpc) is 3.34. The van der Waals surface area contributed by atoms with E-state index in [0.717, 1.165) is 55.0 Å². The fourth-order valence-electron chi connectivity index (χ4n) is 4.71. The summed E-state index contributed by atoms with van der Waals surface area (Å²) in [5, 5.41) is 10.6. The Hall–Kier alpha value is -4.15. The Balaban J connectivity index is 0.000000231. The molecule has 2 aliphatic rings. The number of terminal acetylenes is 1.